The van der Waals surface area contributed by atoms with Crippen molar-refractivity contribution in [2.45, 2.75) is 40.7 Å². The van der Waals surface area contributed by atoms with Crippen molar-refractivity contribution in [2.24, 2.45) is 7.05 Å². The molecule has 1 aromatic carbocycles. The van der Waals surface area contributed by atoms with E-state index in [9.17, 15) is 9.59 Å². The normalized spacial score (nSPS) is 11.2. The molecule has 0 aliphatic heterocycles. The zero-order chi connectivity index (χ0) is 24.6. The standard InChI is InChI=1S/C26H27ClN4O3/c1-6-20-15(3)21-23(18-8-10-19(27)11-9-18)22(24(32)26(33)34-7-2)16(4)29-25(21)31(20)14-17-12-28-30(5)13-17/h8-13H,6-7,14H2,1-5H3. The molecule has 0 unspecified atom stereocenters. The fourth-order valence-corrected chi connectivity index (χ4v) is 4.68. The monoisotopic (exact) mass is 478 g/mol. The summed E-state index contributed by atoms with van der Waals surface area (Å²) in [5.74, 6) is -1.58. The SMILES string of the molecule is CCOC(=O)C(=O)c1c(C)nc2c(c(C)c(CC)n2Cc2cnn(C)c2)c1-c1ccc(Cl)cc1. The number of carbonyl (C=O) groups is 2. The summed E-state index contributed by atoms with van der Waals surface area (Å²) >= 11 is 6.15. The molecule has 4 aromatic rings. The third-order valence-electron chi connectivity index (χ3n) is 6.00. The Balaban J connectivity index is 2.07. The van der Waals surface area contributed by atoms with Gasteiger partial charge in [0.15, 0.2) is 0 Å². The first kappa shape index (κ1) is 23.7. The van der Waals surface area contributed by atoms with Crippen molar-refractivity contribution in [1.29, 1.82) is 0 Å². The lowest BCUT2D eigenvalue weighted by Gasteiger charge is -2.15. The molecular formula is C26H27ClN4O3. The van der Waals surface area contributed by atoms with Gasteiger partial charge in [-0.25, -0.2) is 9.78 Å². The van der Waals surface area contributed by atoms with Crippen LogP contribution in [0, 0.1) is 13.8 Å². The largest absolute Gasteiger partial charge is 0.460 e. The molecule has 3 heterocycles. The minimum absolute atomic E-state index is 0.121. The highest BCUT2D eigenvalue weighted by atomic mass is 35.5. The van der Waals surface area contributed by atoms with Gasteiger partial charge in [0.25, 0.3) is 5.78 Å². The van der Waals surface area contributed by atoms with Crippen LogP contribution in [0.15, 0.2) is 36.7 Å². The van der Waals surface area contributed by atoms with Crippen molar-refractivity contribution < 1.29 is 14.3 Å². The molecule has 0 atom stereocenters. The van der Waals surface area contributed by atoms with Gasteiger partial charge in [-0.2, -0.15) is 5.10 Å². The van der Waals surface area contributed by atoms with Crippen molar-refractivity contribution in [3.8, 4) is 11.1 Å². The van der Waals surface area contributed by atoms with E-state index in [1.807, 2.05) is 38.5 Å². The van der Waals surface area contributed by atoms with Gasteiger partial charge in [0.2, 0.25) is 0 Å². The van der Waals surface area contributed by atoms with Gasteiger partial charge in [0.1, 0.15) is 5.65 Å². The van der Waals surface area contributed by atoms with Crippen LogP contribution >= 0.6 is 11.6 Å². The van der Waals surface area contributed by atoms with Gasteiger partial charge < -0.3 is 9.30 Å². The van der Waals surface area contributed by atoms with Gasteiger partial charge in [0.05, 0.1) is 30.6 Å². The van der Waals surface area contributed by atoms with E-state index in [0.29, 0.717) is 22.8 Å². The lowest BCUT2D eigenvalue weighted by atomic mass is 9.92. The van der Waals surface area contributed by atoms with E-state index in [1.165, 1.54) is 0 Å². The number of rotatable bonds is 7. The molecule has 0 saturated carbocycles. The number of halogens is 1. The first-order chi connectivity index (χ1) is 16.3. The molecule has 0 radical (unpaired) electrons. The number of fused-ring (bicyclic) bond motifs is 1. The second kappa shape index (κ2) is 9.43. The van der Waals surface area contributed by atoms with Crippen molar-refractivity contribution in [2.75, 3.05) is 6.61 Å². The molecule has 0 aliphatic carbocycles. The Bertz CT molecular complexity index is 1400. The highest BCUT2D eigenvalue weighted by molar-refractivity contribution is 6.43. The lowest BCUT2D eigenvalue weighted by molar-refractivity contribution is -0.137. The van der Waals surface area contributed by atoms with Gasteiger partial charge >= 0.3 is 5.97 Å². The summed E-state index contributed by atoms with van der Waals surface area (Å²) in [7, 11) is 1.89. The number of ether oxygens (including phenoxy) is 1. The van der Waals surface area contributed by atoms with Gasteiger partial charge in [0, 0.05) is 40.5 Å². The average Bonchev–Trinajstić information content (AvgIpc) is 3.33. The number of aromatic nitrogens is 4. The molecule has 0 saturated heterocycles. The van der Waals surface area contributed by atoms with E-state index in [0.717, 1.165) is 39.8 Å². The molecule has 3 aromatic heterocycles. The topological polar surface area (TPSA) is 79.0 Å². The molecule has 0 amide bonds. The minimum atomic E-state index is -0.884. The zero-order valence-corrected chi connectivity index (χ0v) is 20.7. The van der Waals surface area contributed by atoms with Crippen LogP contribution in [0.5, 0.6) is 0 Å². The number of esters is 1. The zero-order valence-electron chi connectivity index (χ0n) is 20.0. The molecule has 0 bridgehead atoms. The molecule has 176 valence electrons. The van der Waals surface area contributed by atoms with Gasteiger partial charge in [-0.05, 0) is 50.5 Å². The Morgan fingerprint density at radius 1 is 1.12 bits per heavy atom. The van der Waals surface area contributed by atoms with E-state index in [-0.39, 0.29) is 12.2 Å². The van der Waals surface area contributed by atoms with Gasteiger partial charge in [-0.3, -0.25) is 9.48 Å². The second-order valence-corrected chi connectivity index (χ2v) is 8.67. The van der Waals surface area contributed by atoms with E-state index < -0.39 is 11.8 Å². The molecular weight excluding hydrogens is 452 g/mol. The number of pyridine rings is 1. The number of ketones is 1. The van der Waals surface area contributed by atoms with Crippen molar-refractivity contribution in [1.82, 2.24) is 19.3 Å². The molecule has 0 spiro atoms. The first-order valence-electron chi connectivity index (χ1n) is 11.2. The van der Waals surface area contributed by atoms with Crippen LogP contribution in [0.25, 0.3) is 22.2 Å². The van der Waals surface area contributed by atoms with E-state index in [4.69, 9.17) is 21.3 Å². The molecule has 8 heteroatoms. The summed E-state index contributed by atoms with van der Waals surface area (Å²) in [6.45, 7) is 8.29. The van der Waals surface area contributed by atoms with Crippen LogP contribution < -0.4 is 0 Å². The number of carbonyl (C=O) groups excluding carboxylic acids is 2. The Labute approximate surface area is 203 Å². The van der Waals surface area contributed by atoms with Crippen LogP contribution in [0.3, 0.4) is 0 Å². The molecule has 34 heavy (non-hydrogen) atoms. The van der Waals surface area contributed by atoms with Crippen molar-refractivity contribution in [3.63, 3.8) is 0 Å². The summed E-state index contributed by atoms with van der Waals surface area (Å²) < 4.78 is 8.99. The van der Waals surface area contributed by atoms with E-state index >= 15 is 0 Å². The van der Waals surface area contributed by atoms with E-state index in [1.54, 1.807) is 30.7 Å². The van der Waals surface area contributed by atoms with Crippen molar-refractivity contribution >= 4 is 34.4 Å². The highest BCUT2D eigenvalue weighted by Gasteiger charge is 2.29. The lowest BCUT2D eigenvalue weighted by Crippen LogP contribution is -2.20. The van der Waals surface area contributed by atoms with Crippen molar-refractivity contribution in [3.05, 3.63) is 69.8 Å². The molecule has 0 aliphatic rings. The quantitative estimate of drug-likeness (QED) is 0.210. The predicted octanol–water partition coefficient (Wildman–Crippen LogP) is 5.06. The highest BCUT2D eigenvalue weighted by Crippen LogP contribution is 2.39. The predicted molar refractivity (Wildman–Crippen MR) is 132 cm³/mol. The van der Waals surface area contributed by atoms with Crippen LogP contribution in [-0.4, -0.2) is 37.7 Å². The average molecular weight is 479 g/mol. The van der Waals surface area contributed by atoms with Gasteiger partial charge in [-0.15, -0.1) is 0 Å². The molecule has 0 N–H and O–H groups in total. The Morgan fingerprint density at radius 3 is 2.41 bits per heavy atom. The first-order valence-corrected chi connectivity index (χ1v) is 11.6. The number of nitrogens with zero attached hydrogens (tertiary/aromatic N) is 4. The summed E-state index contributed by atoms with van der Waals surface area (Å²) in [5, 5.41) is 5.73. The molecule has 4 rings (SSSR count). The summed E-state index contributed by atoms with van der Waals surface area (Å²) in [6.07, 6.45) is 4.60. The van der Waals surface area contributed by atoms with Gasteiger partial charge in [-0.1, -0.05) is 30.7 Å². The second-order valence-electron chi connectivity index (χ2n) is 8.24. The maximum Gasteiger partial charge on any atom is 0.379 e. The Morgan fingerprint density at radius 2 is 1.82 bits per heavy atom. The van der Waals surface area contributed by atoms with Crippen LogP contribution in [0.1, 0.15) is 46.7 Å². The minimum Gasteiger partial charge on any atom is -0.460 e. The number of aryl methyl sites for hydroxylation is 3. The van der Waals surface area contributed by atoms with Crippen LogP contribution in [0.4, 0.5) is 0 Å². The smallest absolute Gasteiger partial charge is 0.379 e. The number of Topliss-reactive ketones (excluding diaryl/α,β-unsaturated/α-hetero) is 1. The number of hydrogen-bond donors (Lipinski definition) is 0. The van der Waals surface area contributed by atoms with Crippen LogP contribution in [-0.2, 0) is 29.5 Å². The fourth-order valence-electron chi connectivity index (χ4n) is 4.56. The third-order valence-corrected chi connectivity index (χ3v) is 6.26. The number of hydrogen-bond acceptors (Lipinski definition) is 5. The molecule has 7 nitrogen and oxygen atoms in total. The Hall–Kier alpha value is -3.45. The maximum atomic E-state index is 13.3. The number of benzene rings is 1. The van der Waals surface area contributed by atoms with Crippen LogP contribution in [0.2, 0.25) is 5.02 Å². The maximum absolute atomic E-state index is 13.3. The summed E-state index contributed by atoms with van der Waals surface area (Å²) in [6, 6.07) is 7.28. The molecule has 0 fully saturated rings. The summed E-state index contributed by atoms with van der Waals surface area (Å²) in [4.78, 5) is 30.6. The summed E-state index contributed by atoms with van der Waals surface area (Å²) in [5.41, 5.74) is 6.15. The van der Waals surface area contributed by atoms with E-state index in [2.05, 4.69) is 16.6 Å². The fraction of sp³-hybridized carbons (Fsp3) is 0.308. The third kappa shape index (κ3) is 4.12. The Kier molecular flexibility index (Phi) is 6.57.